The summed E-state index contributed by atoms with van der Waals surface area (Å²) in [6.07, 6.45) is 0.805. The van der Waals surface area contributed by atoms with Gasteiger partial charge in [-0.25, -0.2) is 4.39 Å². The highest BCUT2D eigenvalue weighted by Gasteiger charge is 2.16. The predicted octanol–water partition coefficient (Wildman–Crippen LogP) is 2.32. The Morgan fingerprint density at radius 1 is 1.44 bits per heavy atom. The topological polar surface area (TPSA) is 29.1 Å². The Bertz CT molecular complexity index is 370. The summed E-state index contributed by atoms with van der Waals surface area (Å²) in [5.74, 6) is -0.334. The molecule has 1 aromatic rings. The summed E-state index contributed by atoms with van der Waals surface area (Å²) >= 11 is 0. The molecule has 0 radical (unpaired) electrons. The maximum atomic E-state index is 13.0. The molecule has 0 amide bonds. The van der Waals surface area contributed by atoms with E-state index >= 15 is 0 Å². The fraction of sp³-hybridized carbons (Fsp3) is 0.500. The average molecular weight is 243 g/mol. The Labute approximate surface area is 98.7 Å². The summed E-state index contributed by atoms with van der Waals surface area (Å²) in [6.45, 7) is 3.97. The Kier molecular flexibility index (Phi) is 5.09. The van der Waals surface area contributed by atoms with Crippen molar-refractivity contribution >= 4 is 10.8 Å². The minimum Gasteiger partial charge on any atom is -0.317 e. The Morgan fingerprint density at radius 2 is 2.12 bits per heavy atom. The van der Waals surface area contributed by atoms with E-state index in [1.165, 1.54) is 12.1 Å². The Balaban J connectivity index is 2.70. The second-order valence-electron chi connectivity index (χ2n) is 3.99. The van der Waals surface area contributed by atoms with Gasteiger partial charge in [0.2, 0.25) is 0 Å². The lowest BCUT2D eigenvalue weighted by molar-refractivity contribution is 0.554. The molecule has 16 heavy (non-hydrogen) atoms. The molecule has 2 nitrogen and oxygen atoms in total. The van der Waals surface area contributed by atoms with Crippen molar-refractivity contribution < 1.29 is 8.60 Å². The normalized spacial score (nSPS) is 16.8. The molecule has 0 saturated carbocycles. The van der Waals surface area contributed by atoms with Crippen molar-refractivity contribution in [1.29, 1.82) is 0 Å². The molecule has 0 aliphatic carbocycles. The van der Waals surface area contributed by atoms with Crippen molar-refractivity contribution in [2.45, 2.75) is 36.5 Å². The van der Waals surface area contributed by atoms with Gasteiger partial charge in [-0.05, 0) is 38.6 Å². The van der Waals surface area contributed by atoms with Crippen LogP contribution in [0.15, 0.2) is 29.2 Å². The van der Waals surface area contributed by atoms with Gasteiger partial charge in [-0.3, -0.25) is 4.21 Å². The first-order valence-corrected chi connectivity index (χ1v) is 6.59. The van der Waals surface area contributed by atoms with E-state index in [2.05, 4.69) is 5.32 Å². The minimum absolute atomic E-state index is 0.0178. The Hall–Kier alpha value is -0.740. The fourth-order valence-corrected chi connectivity index (χ4v) is 2.90. The third-order valence-corrected chi connectivity index (χ3v) is 4.21. The lowest BCUT2D eigenvalue weighted by Gasteiger charge is -2.16. The maximum absolute atomic E-state index is 13.0. The first-order chi connectivity index (χ1) is 7.54. The highest BCUT2D eigenvalue weighted by Crippen LogP contribution is 2.15. The van der Waals surface area contributed by atoms with Crippen LogP contribution in [0.2, 0.25) is 0 Å². The van der Waals surface area contributed by atoms with E-state index in [1.54, 1.807) is 12.1 Å². The predicted molar refractivity (Wildman–Crippen MR) is 65.4 cm³/mol. The number of nitrogens with one attached hydrogen (secondary N) is 1. The molecule has 3 atom stereocenters. The maximum Gasteiger partial charge on any atom is 0.124 e. The van der Waals surface area contributed by atoms with E-state index in [9.17, 15) is 8.60 Å². The van der Waals surface area contributed by atoms with E-state index in [-0.39, 0.29) is 11.1 Å². The van der Waals surface area contributed by atoms with Gasteiger partial charge in [0.15, 0.2) is 0 Å². The summed E-state index contributed by atoms with van der Waals surface area (Å²) in [4.78, 5) is 0.566. The van der Waals surface area contributed by atoms with Crippen LogP contribution in [0.5, 0.6) is 0 Å². The van der Waals surface area contributed by atoms with Gasteiger partial charge in [0.05, 0.1) is 10.8 Å². The first kappa shape index (κ1) is 13.3. The van der Waals surface area contributed by atoms with Crippen molar-refractivity contribution in [3.63, 3.8) is 0 Å². The van der Waals surface area contributed by atoms with E-state index in [4.69, 9.17) is 0 Å². The standard InChI is InChI=1S/C12H18FNOS/c1-9(14-3)7-10(2)16(15)12-6-4-5-11(13)8-12/h4-6,8-10,14H,7H2,1-3H3. The summed E-state index contributed by atoms with van der Waals surface area (Å²) in [7, 11) is 0.737. The molecular formula is C12H18FNOS. The van der Waals surface area contributed by atoms with Crippen LogP contribution < -0.4 is 5.32 Å². The molecule has 1 aromatic carbocycles. The smallest absolute Gasteiger partial charge is 0.124 e. The third kappa shape index (κ3) is 3.68. The van der Waals surface area contributed by atoms with Gasteiger partial charge >= 0.3 is 0 Å². The van der Waals surface area contributed by atoms with Crippen molar-refractivity contribution in [2.24, 2.45) is 0 Å². The van der Waals surface area contributed by atoms with Crippen LogP contribution in [-0.2, 0) is 10.8 Å². The summed E-state index contributed by atoms with van der Waals surface area (Å²) in [5.41, 5.74) is 0. The molecule has 0 aromatic heterocycles. The molecule has 0 fully saturated rings. The molecular weight excluding hydrogens is 225 g/mol. The van der Waals surface area contributed by atoms with Crippen molar-refractivity contribution in [2.75, 3.05) is 7.05 Å². The highest BCUT2D eigenvalue weighted by atomic mass is 32.2. The third-order valence-electron chi connectivity index (χ3n) is 2.57. The van der Waals surface area contributed by atoms with Crippen LogP contribution in [0, 0.1) is 5.82 Å². The molecule has 1 rings (SSSR count). The van der Waals surface area contributed by atoms with E-state index in [1.807, 2.05) is 20.9 Å². The average Bonchev–Trinajstić information content (AvgIpc) is 2.27. The number of halogens is 1. The second-order valence-corrected chi connectivity index (χ2v) is 5.86. The fourth-order valence-electron chi connectivity index (χ4n) is 1.53. The number of hydrogen-bond donors (Lipinski definition) is 1. The minimum atomic E-state index is -1.14. The summed E-state index contributed by atoms with van der Waals surface area (Å²) in [6, 6.07) is 6.32. The zero-order valence-corrected chi connectivity index (χ0v) is 10.7. The number of benzene rings is 1. The highest BCUT2D eigenvalue weighted by molar-refractivity contribution is 7.85. The van der Waals surface area contributed by atoms with Gasteiger partial charge in [-0.15, -0.1) is 0 Å². The monoisotopic (exact) mass is 243 g/mol. The number of hydrogen-bond acceptors (Lipinski definition) is 2. The molecule has 0 aliphatic rings. The SMILES string of the molecule is CNC(C)CC(C)S(=O)c1cccc(F)c1. The molecule has 4 heteroatoms. The lowest BCUT2D eigenvalue weighted by atomic mass is 10.2. The molecule has 0 spiro atoms. The molecule has 0 aliphatic heterocycles. The van der Waals surface area contributed by atoms with Gasteiger partial charge in [0, 0.05) is 16.2 Å². The van der Waals surface area contributed by atoms with Crippen LogP contribution in [0.1, 0.15) is 20.3 Å². The van der Waals surface area contributed by atoms with Gasteiger partial charge < -0.3 is 5.32 Å². The van der Waals surface area contributed by atoms with Crippen molar-refractivity contribution in [3.05, 3.63) is 30.1 Å². The molecule has 1 N–H and O–H groups in total. The zero-order valence-electron chi connectivity index (χ0n) is 9.87. The van der Waals surface area contributed by atoms with Crippen molar-refractivity contribution in [3.8, 4) is 0 Å². The largest absolute Gasteiger partial charge is 0.317 e. The Morgan fingerprint density at radius 3 is 2.69 bits per heavy atom. The first-order valence-electron chi connectivity index (χ1n) is 5.38. The lowest BCUT2D eigenvalue weighted by Crippen LogP contribution is -2.27. The molecule has 90 valence electrons. The van der Waals surface area contributed by atoms with Crippen LogP contribution in [0.25, 0.3) is 0 Å². The quantitative estimate of drug-likeness (QED) is 0.860. The van der Waals surface area contributed by atoms with E-state index in [0.717, 1.165) is 6.42 Å². The summed E-state index contributed by atoms with van der Waals surface area (Å²) < 4.78 is 25.0. The molecule has 0 saturated heterocycles. The number of rotatable bonds is 5. The van der Waals surface area contributed by atoms with Gasteiger partial charge in [-0.1, -0.05) is 13.0 Å². The van der Waals surface area contributed by atoms with E-state index < -0.39 is 10.8 Å². The zero-order chi connectivity index (χ0) is 12.1. The van der Waals surface area contributed by atoms with Gasteiger partial charge in [0.1, 0.15) is 5.82 Å². The van der Waals surface area contributed by atoms with E-state index in [0.29, 0.717) is 10.9 Å². The van der Waals surface area contributed by atoms with Crippen LogP contribution in [0.4, 0.5) is 4.39 Å². The molecule has 0 bridgehead atoms. The van der Waals surface area contributed by atoms with Crippen molar-refractivity contribution in [1.82, 2.24) is 5.32 Å². The van der Waals surface area contributed by atoms with Gasteiger partial charge in [-0.2, -0.15) is 0 Å². The molecule has 0 heterocycles. The molecule has 3 unspecified atom stereocenters. The van der Waals surface area contributed by atoms with Gasteiger partial charge in [0.25, 0.3) is 0 Å². The van der Waals surface area contributed by atoms with Crippen LogP contribution in [0.3, 0.4) is 0 Å². The van der Waals surface area contributed by atoms with Crippen LogP contribution in [-0.4, -0.2) is 22.5 Å². The van der Waals surface area contributed by atoms with Crippen LogP contribution >= 0.6 is 0 Å². The second kappa shape index (κ2) is 6.11. The summed E-state index contributed by atoms with van der Waals surface area (Å²) in [5, 5.41) is 3.12.